The van der Waals surface area contributed by atoms with Gasteiger partial charge in [-0.2, -0.15) is 0 Å². The molecule has 0 spiro atoms. The maximum absolute atomic E-state index is 14.9. The lowest BCUT2D eigenvalue weighted by Gasteiger charge is -2.29. The van der Waals surface area contributed by atoms with Gasteiger partial charge in [-0.15, -0.1) is 0 Å². The van der Waals surface area contributed by atoms with Crippen molar-refractivity contribution in [2.75, 3.05) is 0 Å². The van der Waals surface area contributed by atoms with E-state index in [0.29, 0.717) is 11.7 Å². The van der Waals surface area contributed by atoms with Gasteiger partial charge in [-0.05, 0) is 67.6 Å². The third kappa shape index (κ3) is 5.62. The van der Waals surface area contributed by atoms with Crippen LogP contribution in [0.4, 0.5) is 4.39 Å². The fourth-order valence-electron chi connectivity index (χ4n) is 4.46. The Hall–Kier alpha value is -1.77. The molecule has 28 heavy (non-hydrogen) atoms. The van der Waals surface area contributed by atoms with Gasteiger partial charge >= 0.3 is 0 Å². The van der Waals surface area contributed by atoms with Crippen LogP contribution in [0.2, 0.25) is 0 Å². The van der Waals surface area contributed by atoms with E-state index in [1.807, 2.05) is 24.5 Å². The summed E-state index contributed by atoms with van der Waals surface area (Å²) in [6.45, 7) is 4.44. The SMILES string of the molecule is CCCCCC1CCC(c2ccc(-c3ncc(CCCC)cn3)cc2F)CC1. The van der Waals surface area contributed by atoms with E-state index < -0.39 is 0 Å². The average Bonchev–Trinajstić information content (AvgIpc) is 2.73. The molecule has 1 aliphatic carbocycles. The molecule has 152 valence electrons. The number of rotatable bonds is 9. The maximum atomic E-state index is 14.9. The Morgan fingerprint density at radius 2 is 1.64 bits per heavy atom. The second-order valence-electron chi connectivity index (χ2n) is 8.47. The van der Waals surface area contributed by atoms with Gasteiger partial charge in [0.25, 0.3) is 0 Å². The smallest absolute Gasteiger partial charge is 0.159 e. The molecule has 0 radical (unpaired) electrons. The molecule has 1 fully saturated rings. The third-order valence-electron chi connectivity index (χ3n) is 6.29. The van der Waals surface area contributed by atoms with Crippen molar-refractivity contribution in [3.8, 4) is 11.4 Å². The summed E-state index contributed by atoms with van der Waals surface area (Å²) < 4.78 is 14.9. The number of halogens is 1. The van der Waals surface area contributed by atoms with E-state index in [1.165, 1.54) is 38.5 Å². The summed E-state index contributed by atoms with van der Waals surface area (Å²) in [6.07, 6.45) is 17.1. The largest absolute Gasteiger partial charge is 0.236 e. The monoisotopic (exact) mass is 382 g/mol. The fraction of sp³-hybridized carbons (Fsp3) is 0.600. The molecule has 1 aliphatic rings. The lowest BCUT2D eigenvalue weighted by molar-refractivity contribution is 0.299. The van der Waals surface area contributed by atoms with Crippen molar-refractivity contribution in [2.45, 2.75) is 90.4 Å². The Balaban J connectivity index is 1.60. The van der Waals surface area contributed by atoms with Crippen LogP contribution in [0.25, 0.3) is 11.4 Å². The Kier molecular flexibility index (Phi) is 8.00. The average molecular weight is 383 g/mol. The molecule has 1 aromatic heterocycles. The first-order chi connectivity index (χ1) is 13.7. The van der Waals surface area contributed by atoms with E-state index >= 15 is 0 Å². The topological polar surface area (TPSA) is 25.8 Å². The number of aryl methyl sites for hydroxylation is 1. The van der Waals surface area contributed by atoms with Crippen molar-refractivity contribution in [2.24, 2.45) is 5.92 Å². The molecule has 0 aliphatic heterocycles. The van der Waals surface area contributed by atoms with Gasteiger partial charge in [0.2, 0.25) is 0 Å². The van der Waals surface area contributed by atoms with Gasteiger partial charge in [0, 0.05) is 18.0 Å². The summed E-state index contributed by atoms with van der Waals surface area (Å²) in [5, 5.41) is 0. The molecule has 2 nitrogen and oxygen atoms in total. The minimum Gasteiger partial charge on any atom is -0.236 e. The minimum atomic E-state index is -0.0920. The van der Waals surface area contributed by atoms with Crippen LogP contribution in [0.5, 0.6) is 0 Å². The van der Waals surface area contributed by atoms with Gasteiger partial charge in [0.1, 0.15) is 5.82 Å². The lowest BCUT2D eigenvalue weighted by Crippen LogP contribution is -2.14. The van der Waals surface area contributed by atoms with Crippen molar-refractivity contribution >= 4 is 0 Å². The highest BCUT2D eigenvalue weighted by molar-refractivity contribution is 5.55. The number of nitrogens with zero attached hydrogens (tertiary/aromatic N) is 2. The summed E-state index contributed by atoms with van der Waals surface area (Å²) in [6, 6.07) is 5.59. The predicted molar refractivity (Wildman–Crippen MR) is 115 cm³/mol. The second kappa shape index (κ2) is 10.7. The molecular formula is C25H35FN2. The molecule has 0 amide bonds. The lowest BCUT2D eigenvalue weighted by atomic mass is 9.77. The van der Waals surface area contributed by atoms with Gasteiger partial charge in [0.05, 0.1) is 0 Å². The zero-order chi connectivity index (χ0) is 19.8. The molecule has 0 unspecified atom stereocenters. The second-order valence-corrected chi connectivity index (χ2v) is 8.47. The molecule has 1 heterocycles. The Morgan fingerprint density at radius 1 is 0.929 bits per heavy atom. The Labute approximate surface area is 170 Å². The van der Waals surface area contributed by atoms with Gasteiger partial charge in [0.15, 0.2) is 5.82 Å². The summed E-state index contributed by atoms with van der Waals surface area (Å²) in [5.74, 6) is 1.74. The molecule has 0 atom stereocenters. The number of aromatic nitrogens is 2. The van der Waals surface area contributed by atoms with E-state index in [2.05, 4.69) is 23.8 Å². The van der Waals surface area contributed by atoms with Crippen LogP contribution in [-0.2, 0) is 6.42 Å². The first kappa shape index (κ1) is 21.0. The van der Waals surface area contributed by atoms with Crippen molar-refractivity contribution in [1.29, 1.82) is 0 Å². The zero-order valence-electron chi connectivity index (χ0n) is 17.6. The molecule has 0 N–H and O–H groups in total. The zero-order valence-corrected chi connectivity index (χ0v) is 17.6. The van der Waals surface area contributed by atoms with E-state index in [4.69, 9.17) is 0 Å². The van der Waals surface area contributed by atoms with E-state index in [0.717, 1.165) is 54.7 Å². The summed E-state index contributed by atoms with van der Waals surface area (Å²) >= 11 is 0. The van der Waals surface area contributed by atoms with Gasteiger partial charge in [-0.1, -0.05) is 58.1 Å². The molecule has 3 heteroatoms. The van der Waals surface area contributed by atoms with E-state index in [-0.39, 0.29) is 5.82 Å². The quantitative estimate of drug-likeness (QED) is 0.420. The Morgan fingerprint density at radius 3 is 2.29 bits per heavy atom. The van der Waals surface area contributed by atoms with Gasteiger partial charge in [-0.25, -0.2) is 14.4 Å². The summed E-state index contributed by atoms with van der Waals surface area (Å²) in [4.78, 5) is 8.91. The van der Waals surface area contributed by atoms with Crippen molar-refractivity contribution in [3.63, 3.8) is 0 Å². The van der Waals surface area contributed by atoms with Crippen molar-refractivity contribution < 1.29 is 4.39 Å². The fourth-order valence-corrected chi connectivity index (χ4v) is 4.46. The van der Waals surface area contributed by atoms with Gasteiger partial charge < -0.3 is 0 Å². The van der Waals surface area contributed by atoms with Crippen molar-refractivity contribution in [3.05, 3.63) is 47.5 Å². The number of benzene rings is 1. The van der Waals surface area contributed by atoms with Crippen LogP contribution in [-0.4, -0.2) is 9.97 Å². The number of hydrogen-bond acceptors (Lipinski definition) is 2. The van der Waals surface area contributed by atoms with E-state index in [1.54, 1.807) is 6.07 Å². The molecular weight excluding hydrogens is 347 g/mol. The summed E-state index contributed by atoms with van der Waals surface area (Å²) in [7, 11) is 0. The predicted octanol–water partition coefficient (Wildman–Crippen LogP) is 7.48. The van der Waals surface area contributed by atoms with E-state index in [9.17, 15) is 4.39 Å². The highest BCUT2D eigenvalue weighted by atomic mass is 19.1. The van der Waals surface area contributed by atoms with Crippen LogP contribution < -0.4 is 0 Å². The van der Waals surface area contributed by atoms with Crippen LogP contribution in [0, 0.1) is 11.7 Å². The van der Waals surface area contributed by atoms with Crippen LogP contribution in [0.15, 0.2) is 30.6 Å². The molecule has 1 saturated carbocycles. The molecule has 2 aromatic rings. The summed E-state index contributed by atoms with van der Waals surface area (Å²) in [5.41, 5.74) is 2.81. The van der Waals surface area contributed by atoms with Crippen LogP contribution >= 0.6 is 0 Å². The molecule has 3 rings (SSSR count). The van der Waals surface area contributed by atoms with Crippen LogP contribution in [0.1, 0.15) is 95.1 Å². The highest BCUT2D eigenvalue weighted by Crippen LogP contribution is 2.39. The van der Waals surface area contributed by atoms with Crippen LogP contribution in [0.3, 0.4) is 0 Å². The standard InChI is InChI=1S/C25H35FN2/c1-3-5-7-9-19-10-12-21(13-11-19)23-15-14-22(16-24(23)26)25-27-17-20(18-28-25)8-6-4-2/h14-19,21H,3-13H2,1-2H3. The Bertz CT molecular complexity index is 718. The minimum absolute atomic E-state index is 0.0920. The highest BCUT2D eigenvalue weighted by Gasteiger charge is 2.24. The number of unbranched alkanes of at least 4 members (excludes halogenated alkanes) is 3. The first-order valence-corrected chi connectivity index (χ1v) is 11.3. The maximum Gasteiger partial charge on any atom is 0.159 e. The van der Waals surface area contributed by atoms with Crippen molar-refractivity contribution in [1.82, 2.24) is 9.97 Å². The normalized spacial score (nSPS) is 19.7. The molecule has 0 saturated heterocycles. The number of hydrogen-bond donors (Lipinski definition) is 0. The molecule has 1 aromatic carbocycles. The third-order valence-corrected chi connectivity index (χ3v) is 6.29. The molecule has 0 bridgehead atoms. The van der Waals surface area contributed by atoms with Gasteiger partial charge in [-0.3, -0.25) is 0 Å². The first-order valence-electron chi connectivity index (χ1n) is 11.3.